The first kappa shape index (κ1) is 10.5. The summed E-state index contributed by atoms with van der Waals surface area (Å²) in [6, 6.07) is 6.73. The smallest absolute Gasteiger partial charge is 0.129 e. The quantitative estimate of drug-likeness (QED) is 0.731. The van der Waals surface area contributed by atoms with E-state index in [0.29, 0.717) is 5.15 Å². The van der Waals surface area contributed by atoms with Crippen LogP contribution >= 0.6 is 11.6 Å². The monoisotopic (exact) mass is 236 g/mol. The summed E-state index contributed by atoms with van der Waals surface area (Å²) in [5.74, 6) is 0.958. The van der Waals surface area contributed by atoms with Crippen molar-refractivity contribution in [3.63, 3.8) is 0 Å². The minimum Gasteiger partial charge on any atom is -0.294 e. The maximum Gasteiger partial charge on any atom is 0.129 e. The summed E-state index contributed by atoms with van der Waals surface area (Å²) in [5, 5.41) is 0.611. The zero-order chi connectivity index (χ0) is 11.0. The number of hydrogen-bond donors (Lipinski definition) is 0. The van der Waals surface area contributed by atoms with Gasteiger partial charge in [-0.25, -0.2) is 4.98 Å². The molecule has 1 aromatic heterocycles. The van der Waals surface area contributed by atoms with Gasteiger partial charge in [-0.2, -0.15) is 0 Å². The third-order valence-corrected chi connectivity index (χ3v) is 3.60. The van der Waals surface area contributed by atoms with Gasteiger partial charge in [-0.3, -0.25) is 4.90 Å². The molecule has 0 spiro atoms. The molecule has 1 heterocycles. The fraction of sp³-hybridized carbons (Fsp3) is 0.615. The Hall–Kier alpha value is -0.600. The molecule has 2 aliphatic carbocycles. The first-order valence-corrected chi connectivity index (χ1v) is 6.54. The first-order chi connectivity index (χ1) is 7.81. The Morgan fingerprint density at radius 1 is 1.25 bits per heavy atom. The van der Waals surface area contributed by atoms with Crippen LogP contribution in [-0.2, 0) is 6.54 Å². The topological polar surface area (TPSA) is 16.1 Å². The second-order valence-electron chi connectivity index (χ2n) is 5.06. The number of aromatic nitrogens is 1. The number of nitrogens with zero attached hydrogens (tertiary/aromatic N) is 2. The van der Waals surface area contributed by atoms with Crippen LogP contribution in [0.2, 0.25) is 5.15 Å². The van der Waals surface area contributed by atoms with E-state index < -0.39 is 0 Å². The maximum atomic E-state index is 5.91. The number of rotatable bonds is 5. The molecule has 0 N–H and O–H groups in total. The minimum atomic E-state index is 0.611. The van der Waals surface area contributed by atoms with E-state index in [0.717, 1.165) is 24.2 Å². The van der Waals surface area contributed by atoms with Gasteiger partial charge in [0, 0.05) is 19.1 Å². The van der Waals surface area contributed by atoms with Gasteiger partial charge in [-0.15, -0.1) is 0 Å². The summed E-state index contributed by atoms with van der Waals surface area (Å²) in [5.41, 5.74) is 1.11. The van der Waals surface area contributed by atoms with Crippen molar-refractivity contribution in [3.05, 3.63) is 29.0 Å². The van der Waals surface area contributed by atoms with Crippen molar-refractivity contribution < 1.29 is 0 Å². The average molecular weight is 237 g/mol. The second kappa shape index (κ2) is 4.34. The number of pyridine rings is 1. The highest BCUT2D eigenvalue weighted by molar-refractivity contribution is 6.29. The maximum absolute atomic E-state index is 5.91. The van der Waals surface area contributed by atoms with E-state index in [1.807, 2.05) is 12.1 Å². The van der Waals surface area contributed by atoms with Gasteiger partial charge in [-0.05, 0) is 43.7 Å². The summed E-state index contributed by atoms with van der Waals surface area (Å²) < 4.78 is 0. The van der Waals surface area contributed by atoms with Gasteiger partial charge in [0.25, 0.3) is 0 Å². The lowest BCUT2D eigenvalue weighted by Crippen LogP contribution is -2.28. The lowest BCUT2D eigenvalue weighted by atomic mass is 10.3. The first-order valence-electron chi connectivity index (χ1n) is 6.17. The highest BCUT2D eigenvalue weighted by Gasteiger charge is 2.33. The van der Waals surface area contributed by atoms with Gasteiger partial charge in [0.1, 0.15) is 5.15 Å². The molecule has 3 heteroatoms. The molecule has 2 saturated carbocycles. The molecule has 1 aromatic rings. The molecule has 0 aliphatic heterocycles. The van der Waals surface area contributed by atoms with Crippen molar-refractivity contribution in [1.82, 2.24) is 9.88 Å². The van der Waals surface area contributed by atoms with Crippen LogP contribution in [0.1, 0.15) is 31.4 Å². The molecule has 3 rings (SSSR count). The van der Waals surface area contributed by atoms with E-state index in [-0.39, 0.29) is 0 Å². The zero-order valence-corrected chi connectivity index (χ0v) is 10.2. The van der Waals surface area contributed by atoms with E-state index >= 15 is 0 Å². The van der Waals surface area contributed by atoms with E-state index in [4.69, 9.17) is 11.6 Å². The third kappa shape index (κ3) is 2.74. The molecule has 86 valence electrons. The van der Waals surface area contributed by atoms with E-state index in [2.05, 4.69) is 16.0 Å². The molecular formula is C13H17ClN2. The van der Waals surface area contributed by atoms with Crippen molar-refractivity contribution >= 4 is 11.6 Å². The van der Waals surface area contributed by atoms with Gasteiger partial charge in [0.15, 0.2) is 0 Å². The van der Waals surface area contributed by atoms with Crippen LogP contribution in [0.4, 0.5) is 0 Å². The van der Waals surface area contributed by atoms with Gasteiger partial charge < -0.3 is 0 Å². The Kier molecular flexibility index (Phi) is 2.86. The third-order valence-electron chi connectivity index (χ3n) is 3.39. The predicted molar refractivity (Wildman–Crippen MR) is 65.4 cm³/mol. The molecule has 0 saturated heterocycles. The second-order valence-corrected chi connectivity index (χ2v) is 5.44. The fourth-order valence-electron chi connectivity index (χ4n) is 2.16. The lowest BCUT2D eigenvalue weighted by Gasteiger charge is -2.21. The molecule has 0 radical (unpaired) electrons. The summed E-state index contributed by atoms with van der Waals surface area (Å²) in [7, 11) is 0. The Balaban J connectivity index is 1.65. The molecule has 0 amide bonds. The van der Waals surface area contributed by atoms with Crippen molar-refractivity contribution in [2.24, 2.45) is 5.92 Å². The van der Waals surface area contributed by atoms with Gasteiger partial charge in [-0.1, -0.05) is 17.7 Å². The number of hydrogen-bond acceptors (Lipinski definition) is 2. The molecule has 2 aliphatic rings. The van der Waals surface area contributed by atoms with Gasteiger partial charge in [0.2, 0.25) is 0 Å². The SMILES string of the molecule is Clc1cccc(CN(CC2CC2)C2CC2)n1. The van der Waals surface area contributed by atoms with Crippen molar-refractivity contribution in [1.29, 1.82) is 0 Å². The molecule has 0 unspecified atom stereocenters. The van der Waals surface area contributed by atoms with Crippen molar-refractivity contribution in [2.75, 3.05) is 6.54 Å². The highest BCUT2D eigenvalue weighted by atomic mass is 35.5. The van der Waals surface area contributed by atoms with Crippen LogP contribution in [0.5, 0.6) is 0 Å². The van der Waals surface area contributed by atoms with E-state index in [9.17, 15) is 0 Å². The standard InChI is InChI=1S/C13H17ClN2/c14-13-3-1-2-11(15-13)9-16(12-6-7-12)8-10-4-5-10/h1-3,10,12H,4-9H2. The van der Waals surface area contributed by atoms with Crippen molar-refractivity contribution in [3.8, 4) is 0 Å². The molecule has 0 bridgehead atoms. The molecule has 16 heavy (non-hydrogen) atoms. The summed E-state index contributed by atoms with van der Waals surface area (Å²) >= 11 is 5.91. The zero-order valence-electron chi connectivity index (χ0n) is 9.40. The molecule has 2 nitrogen and oxygen atoms in total. The Labute approximate surface area is 102 Å². The van der Waals surface area contributed by atoms with Crippen LogP contribution in [0.15, 0.2) is 18.2 Å². The van der Waals surface area contributed by atoms with E-state index in [1.165, 1.54) is 32.2 Å². The van der Waals surface area contributed by atoms with Crippen LogP contribution in [0, 0.1) is 5.92 Å². The summed E-state index contributed by atoms with van der Waals surface area (Å²) in [6.07, 6.45) is 5.58. The predicted octanol–water partition coefficient (Wildman–Crippen LogP) is 3.11. The van der Waals surface area contributed by atoms with Gasteiger partial charge >= 0.3 is 0 Å². The fourth-order valence-corrected chi connectivity index (χ4v) is 2.34. The van der Waals surface area contributed by atoms with Gasteiger partial charge in [0.05, 0.1) is 5.69 Å². The highest BCUT2D eigenvalue weighted by Crippen LogP contribution is 2.35. The number of halogens is 1. The van der Waals surface area contributed by atoms with E-state index in [1.54, 1.807) is 0 Å². The van der Waals surface area contributed by atoms with Crippen LogP contribution < -0.4 is 0 Å². The molecular weight excluding hydrogens is 220 g/mol. The minimum absolute atomic E-state index is 0.611. The normalized spacial score (nSPS) is 20.4. The molecule has 2 fully saturated rings. The van der Waals surface area contributed by atoms with Crippen LogP contribution in [0.25, 0.3) is 0 Å². The Morgan fingerprint density at radius 3 is 2.69 bits per heavy atom. The largest absolute Gasteiger partial charge is 0.294 e. The molecule has 0 aromatic carbocycles. The Bertz CT molecular complexity index is 372. The van der Waals surface area contributed by atoms with Crippen LogP contribution in [0.3, 0.4) is 0 Å². The summed E-state index contributed by atoms with van der Waals surface area (Å²) in [4.78, 5) is 6.97. The summed E-state index contributed by atoms with van der Waals surface area (Å²) in [6.45, 7) is 2.24. The molecule has 0 atom stereocenters. The average Bonchev–Trinajstić information content (AvgIpc) is 3.12. The lowest BCUT2D eigenvalue weighted by molar-refractivity contribution is 0.241. The van der Waals surface area contributed by atoms with Crippen molar-refractivity contribution in [2.45, 2.75) is 38.3 Å². The van der Waals surface area contributed by atoms with Crippen LogP contribution in [-0.4, -0.2) is 22.5 Å². The Morgan fingerprint density at radius 2 is 2.06 bits per heavy atom.